The zero-order chi connectivity index (χ0) is 31.9. The SMILES string of the molecule is C.CC(=O)OCC1OC(OC(C)=O)C(N=[N+]=[N-])[C@@H](C)[C@@H]1C.C[C@H]1[C@H](OCc2ccccc2)[C@@H](N=[N+]=[N-])C2OC[C@H]1O2.ClCCl. The Kier molecular flexibility index (Phi) is 18.1. The zero-order valence-electron chi connectivity index (χ0n) is 24.7. The van der Waals surface area contributed by atoms with Crippen LogP contribution in [0, 0.1) is 17.8 Å². The number of alkyl halides is 2. The number of azide groups is 2. The van der Waals surface area contributed by atoms with Crippen LogP contribution in [-0.2, 0) is 44.6 Å². The van der Waals surface area contributed by atoms with Crippen LogP contribution in [0.1, 0.15) is 47.6 Å². The molecule has 0 aliphatic carbocycles. The zero-order valence-corrected chi connectivity index (χ0v) is 26.2. The number of nitrogens with zero attached hydrogens (tertiary/aromatic N) is 6. The van der Waals surface area contributed by atoms with Crippen LogP contribution in [0.2, 0.25) is 0 Å². The third-order valence-electron chi connectivity index (χ3n) is 7.38. The van der Waals surface area contributed by atoms with E-state index in [0.717, 1.165) is 5.56 Å². The van der Waals surface area contributed by atoms with Crippen molar-refractivity contribution < 1.29 is 38.0 Å². The summed E-state index contributed by atoms with van der Waals surface area (Å²) in [6, 6.07) is 8.91. The molecule has 14 nitrogen and oxygen atoms in total. The van der Waals surface area contributed by atoms with E-state index in [4.69, 9.17) is 62.7 Å². The monoisotopic (exact) mass is 660 g/mol. The highest BCUT2D eigenvalue weighted by Crippen LogP contribution is 2.36. The standard InChI is InChI=1S/C14H17N3O3.C12H19N3O5.CH2Cl2.CH4/c1-9-11-8-19-14(20-11)12(16-17-15)13(9)18-7-10-5-3-2-4-6-10;1-6-7(2)11(14-15-13)12(19-9(4)17)20-10(6)5-18-8(3)16;2-1-3;/h2-6,9,11-14H,7-8H2,1H3;6-7,10-12H,5H2,1-4H3;1H2;1H4/t9-,11-,12-,13+,14?;6-,7-,10?,11?,12?;;/m10../s1. The van der Waals surface area contributed by atoms with Crippen LogP contribution in [0.4, 0.5) is 0 Å². The van der Waals surface area contributed by atoms with Gasteiger partial charge in [0.1, 0.15) is 18.7 Å². The molecule has 1 aromatic rings. The van der Waals surface area contributed by atoms with Gasteiger partial charge in [-0.15, -0.1) is 23.2 Å². The van der Waals surface area contributed by atoms with E-state index in [1.165, 1.54) is 13.8 Å². The number of benzene rings is 1. The number of hydrogen-bond acceptors (Lipinski definition) is 10. The molecule has 44 heavy (non-hydrogen) atoms. The number of halogens is 2. The Labute approximate surface area is 267 Å². The number of fused-ring (bicyclic) bond motifs is 2. The summed E-state index contributed by atoms with van der Waals surface area (Å²) < 4.78 is 32.8. The van der Waals surface area contributed by atoms with Gasteiger partial charge in [-0.05, 0) is 28.5 Å². The maximum absolute atomic E-state index is 11.1. The first-order valence-electron chi connectivity index (χ1n) is 13.7. The van der Waals surface area contributed by atoms with Gasteiger partial charge in [-0.2, -0.15) is 0 Å². The largest absolute Gasteiger partial charge is 0.463 e. The molecular formula is C28H42Cl2N6O8. The number of esters is 2. The highest BCUT2D eigenvalue weighted by Gasteiger charge is 2.49. The first-order valence-corrected chi connectivity index (χ1v) is 14.7. The quantitative estimate of drug-likeness (QED) is 0.0994. The molecule has 10 atom stereocenters. The molecular weight excluding hydrogens is 619 g/mol. The molecule has 3 fully saturated rings. The van der Waals surface area contributed by atoms with Crippen molar-refractivity contribution in [1.29, 1.82) is 0 Å². The molecule has 3 saturated heterocycles. The lowest BCUT2D eigenvalue weighted by molar-refractivity contribution is -0.234. The Morgan fingerprint density at radius 1 is 0.955 bits per heavy atom. The minimum atomic E-state index is -0.963. The smallest absolute Gasteiger partial charge is 0.304 e. The van der Waals surface area contributed by atoms with E-state index >= 15 is 0 Å². The topological polar surface area (TPSA) is 187 Å². The Hall–Kier alpha value is -2.80. The van der Waals surface area contributed by atoms with Gasteiger partial charge in [0.15, 0.2) is 6.29 Å². The maximum Gasteiger partial charge on any atom is 0.304 e. The minimum absolute atomic E-state index is 0. The van der Waals surface area contributed by atoms with Crippen LogP contribution in [0.5, 0.6) is 0 Å². The second-order valence-corrected chi connectivity index (χ2v) is 11.0. The summed E-state index contributed by atoms with van der Waals surface area (Å²) in [7, 11) is 0. The number of carbonyl (C=O) groups is 2. The molecule has 1 aromatic carbocycles. The summed E-state index contributed by atoms with van der Waals surface area (Å²) in [5.41, 5.74) is 18.4. The van der Waals surface area contributed by atoms with Crippen molar-refractivity contribution in [3.63, 3.8) is 0 Å². The predicted molar refractivity (Wildman–Crippen MR) is 163 cm³/mol. The lowest BCUT2D eigenvalue weighted by Crippen LogP contribution is -2.51. The second kappa shape index (κ2) is 20.3. The highest BCUT2D eigenvalue weighted by atomic mass is 35.5. The second-order valence-electron chi connectivity index (χ2n) is 10.2. The van der Waals surface area contributed by atoms with Gasteiger partial charge in [0.2, 0.25) is 6.29 Å². The predicted octanol–water partition coefficient (Wildman–Crippen LogP) is 6.49. The first kappa shape index (κ1) is 39.2. The first-order chi connectivity index (χ1) is 20.6. The van der Waals surface area contributed by atoms with Gasteiger partial charge >= 0.3 is 11.9 Å². The van der Waals surface area contributed by atoms with Crippen molar-refractivity contribution in [2.45, 2.75) is 91.6 Å². The molecule has 0 radical (unpaired) electrons. The lowest BCUT2D eigenvalue weighted by Gasteiger charge is -2.41. The summed E-state index contributed by atoms with van der Waals surface area (Å²) in [5, 5.41) is 7.66. The maximum atomic E-state index is 11.1. The van der Waals surface area contributed by atoms with Crippen molar-refractivity contribution in [3.05, 3.63) is 56.8 Å². The summed E-state index contributed by atoms with van der Waals surface area (Å²) in [5.74, 6) is -0.898. The van der Waals surface area contributed by atoms with E-state index < -0.39 is 42.7 Å². The minimum Gasteiger partial charge on any atom is -0.463 e. The van der Waals surface area contributed by atoms with Crippen LogP contribution in [0.3, 0.4) is 0 Å². The molecule has 16 heteroatoms. The Morgan fingerprint density at radius 3 is 2.14 bits per heavy atom. The number of carbonyl (C=O) groups excluding carboxylic acids is 2. The van der Waals surface area contributed by atoms with E-state index in [-0.39, 0.29) is 49.3 Å². The van der Waals surface area contributed by atoms with Crippen LogP contribution in [0.15, 0.2) is 40.6 Å². The fraction of sp³-hybridized carbons (Fsp3) is 0.714. The van der Waals surface area contributed by atoms with Gasteiger partial charge in [-0.3, -0.25) is 9.59 Å². The molecule has 3 aliphatic heterocycles. The summed E-state index contributed by atoms with van der Waals surface area (Å²) in [4.78, 5) is 27.6. The summed E-state index contributed by atoms with van der Waals surface area (Å²) in [6.07, 6.45) is -2.02. The molecule has 2 bridgehead atoms. The van der Waals surface area contributed by atoms with Crippen LogP contribution in [0.25, 0.3) is 20.9 Å². The lowest BCUT2D eigenvalue weighted by atomic mass is 9.82. The average Bonchev–Trinajstić information content (AvgIpc) is 3.42. The van der Waals surface area contributed by atoms with E-state index in [9.17, 15) is 9.59 Å². The van der Waals surface area contributed by atoms with Gasteiger partial charge in [-0.1, -0.05) is 68.8 Å². The molecule has 4 unspecified atom stereocenters. The van der Waals surface area contributed by atoms with Crippen LogP contribution in [-0.4, -0.2) is 73.5 Å². The Balaban J connectivity index is 0.000000396. The Bertz CT molecular complexity index is 1120. The summed E-state index contributed by atoms with van der Waals surface area (Å²) in [6.45, 7) is 9.49. The molecule has 0 spiro atoms. The molecule has 3 aliphatic rings. The third kappa shape index (κ3) is 11.6. The van der Waals surface area contributed by atoms with Crippen molar-refractivity contribution in [3.8, 4) is 0 Å². The van der Waals surface area contributed by atoms with Crippen molar-refractivity contribution in [2.24, 2.45) is 28.0 Å². The molecule has 0 amide bonds. The van der Waals surface area contributed by atoms with Crippen LogP contribution < -0.4 is 0 Å². The molecule has 3 heterocycles. The van der Waals surface area contributed by atoms with Gasteiger partial charge in [-0.25, -0.2) is 0 Å². The highest BCUT2D eigenvalue weighted by molar-refractivity contribution is 6.40. The van der Waals surface area contributed by atoms with E-state index in [0.29, 0.717) is 13.2 Å². The van der Waals surface area contributed by atoms with Crippen molar-refractivity contribution >= 4 is 35.1 Å². The number of ether oxygens (including phenoxy) is 6. The van der Waals surface area contributed by atoms with E-state index in [2.05, 4.69) is 20.1 Å². The Morgan fingerprint density at radius 2 is 1.57 bits per heavy atom. The number of rotatable bonds is 8. The van der Waals surface area contributed by atoms with Gasteiger partial charge in [0.25, 0.3) is 0 Å². The third-order valence-corrected chi connectivity index (χ3v) is 7.38. The average molecular weight is 662 g/mol. The van der Waals surface area contributed by atoms with Crippen molar-refractivity contribution in [1.82, 2.24) is 0 Å². The van der Waals surface area contributed by atoms with Gasteiger partial charge in [0.05, 0.1) is 36.9 Å². The summed E-state index contributed by atoms with van der Waals surface area (Å²) >= 11 is 9.53. The van der Waals surface area contributed by atoms with Crippen molar-refractivity contribution in [2.75, 3.05) is 18.6 Å². The normalized spacial score (nSPS) is 31.5. The fourth-order valence-electron chi connectivity index (χ4n) is 4.91. The number of hydrogen-bond donors (Lipinski definition) is 0. The molecule has 0 N–H and O–H groups in total. The molecule has 0 aromatic heterocycles. The van der Waals surface area contributed by atoms with E-state index in [1.54, 1.807) is 0 Å². The van der Waals surface area contributed by atoms with E-state index in [1.807, 2.05) is 51.1 Å². The molecule has 4 rings (SSSR count). The molecule has 0 saturated carbocycles. The van der Waals surface area contributed by atoms with Crippen LogP contribution >= 0.6 is 23.2 Å². The van der Waals surface area contributed by atoms with Gasteiger partial charge in [0, 0.05) is 29.6 Å². The molecule has 246 valence electrons. The fourth-order valence-corrected chi connectivity index (χ4v) is 4.91. The van der Waals surface area contributed by atoms with Gasteiger partial charge < -0.3 is 28.4 Å².